The average Bonchev–Trinajstić information content (AvgIpc) is 2.56. The Bertz CT molecular complexity index is 466. The van der Waals surface area contributed by atoms with Gasteiger partial charge in [0, 0.05) is 35.4 Å². The normalized spacial score (nSPS) is 21.7. The highest BCUT2D eigenvalue weighted by Crippen LogP contribution is 2.29. The van der Waals surface area contributed by atoms with Gasteiger partial charge >= 0.3 is 0 Å². The molecule has 1 aromatic rings. The molecule has 2 fully saturated rings. The van der Waals surface area contributed by atoms with Crippen LogP contribution in [0.4, 0.5) is 5.69 Å². The Labute approximate surface area is 132 Å². The number of likely N-dealkylation sites (tertiary alicyclic amines) is 1. The first kappa shape index (κ1) is 15.1. The van der Waals surface area contributed by atoms with E-state index in [1.165, 1.54) is 45.2 Å². The third-order valence-corrected chi connectivity index (χ3v) is 5.17. The fourth-order valence-electron chi connectivity index (χ4n) is 3.72. The van der Waals surface area contributed by atoms with Crippen LogP contribution >= 0.6 is 11.6 Å². The van der Waals surface area contributed by atoms with Gasteiger partial charge in [-0.25, -0.2) is 0 Å². The van der Waals surface area contributed by atoms with Crippen molar-refractivity contribution >= 4 is 17.3 Å². The van der Waals surface area contributed by atoms with Crippen LogP contribution in [0.2, 0.25) is 5.02 Å². The maximum Gasteiger partial charge on any atom is 0.0702 e. The van der Waals surface area contributed by atoms with E-state index < -0.39 is 0 Å². The standard InChI is InChI=1S/C17H25ClN2O/c18-15-5-4-14(13-21)17(12-15)20-10-6-16(7-11-20)19-8-2-1-3-9-19/h4-5,12,16,21H,1-3,6-11,13H2. The number of nitrogens with zero attached hydrogens (tertiary/aromatic N) is 2. The number of anilines is 1. The summed E-state index contributed by atoms with van der Waals surface area (Å²) in [6, 6.07) is 6.54. The van der Waals surface area contributed by atoms with Crippen molar-refractivity contribution in [1.82, 2.24) is 4.90 Å². The second-order valence-corrected chi connectivity index (χ2v) is 6.68. The van der Waals surface area contributed by atoms with Crippen molar-refractivity contribution in [2.75, 3.05) is 31.1 Å². The van der Waals surface area contributed by atoms with Crippen molar-refractivity contribution in [1.29, 1.82) is 0 Å². The van der Waals surface area contributed by atoms with Gasteiger partial charge in [-0.1, -0.05) is 24.1 Å². The molecule has 3 rings (SSSR count). The summed E-state index contributed by atoms with van der Waals surface area (Å²) in [5.74, 6) is 0. The van der Waals surface area contributed by atoms with Gasteiger partial charge in [0.15, 0.2) is 0 Å². The number of hydrogen-bond acceptors (Lipinski definition) is 3. The van der Waals surface area contributed by atoms with Gasteiger partial charge in [-0.15, -0.1) is 0 Å². The monoisotopic (exact) mass is 308 g/mol. The van der Waals surface area contributed by atoms with Gasteiger partial charge in [0.1, 0.15) is 0 Å². The summed E-state index contributed by atoms with van der Waals surface area (Å²) in [6.07, 6.45) is 6.57. The summed E-state index contributed by atoms with van der Waals surface area (Å²) in [5, 5.41) is 10.3. The molecular formula is C17H25ClN2O. The van der Waals surface area contributed by atoms with Gasteiger partial charge in [0.25, 0.3) is 0 Å². The van der Waals surface area contributed by atoms with E-state index >= 15 is 0 Å². The number of aliphatic hydroxyl groups excluding tert-OH is 1. The molecule has 0 aliphatic carbocycles. The smallest absolute Gasteiger partial charge is 0.0702 e. The lowest BCUT2D eigenvalue weighted by Crippen LogP contribution is -2.46. The molecule has 2 heterocycles. The van der Waals surface area contributed by atoms with Crippen molar-refractivity contribution < 1.29 is 5.11 Å². The van der Waals surface area contributed by atoms with Crippen LogP contribution < -0.4 is 4.90 Å². The molecule has 0 saturated carbocycles. The van der Waals surface area contributed by atoms with Crippen LogP contribution in [0.1, 0.15) is 37.7 Å². The second kappa shape index (κ2) is 6.99. The summed E-state index contributed by atoms with van der Waals surface area (Å²) >= 11 is 6.13. The third-order valence-electron chi connectivity index (χ3n) is 4.93. The number of rotatable bonds is 3. The number of halogens is 1. The van der Waals surface area contributed by atoms with E-state index in [4.69, 9.17) is 11.6 Å². The molecule has 21 heavy (non-hydrogen) atoms. The molecule has 0 radical (unpaired) electrons. The van der Waals surface area contributed by atoms with Crippen LogP contribution in [-0.4, -0.2) is 42.2 Å². The molecule has 0 aromatic heterocycles. The summed E-state index contributed by atoms with van der Waals surface area (Å²) in [5.41, 5.74) is 2.10. The molecule has 116 valence electrons. The zero-order valence-electron chi connectivity index (χ0n) is 12.6. The molecule has 0 unspecified atom stereocenters. The Morgan fingerprint density at radius 1 is 1.05 bits per heavy atom. The number of piperidine rings is 2. The molecule has 0 bridgehead atoms. The summed E-state index contributed by atoms with van der Waals surface area (Å²) < 4.78 is 0. The van der Waals surface area contributed by atoms with E-state index in [1.54, 1.807) is 0 Å². The highest BCUT2D eigenvalue weighted by molar-refractivity contribution is 6.30. The van der Waals surface area contributed by atoms with E-state index in [0.29, 0.717) is 0 Å². The SMILES string of the molecule is OCc1ccc(Cl)cc1N1CCC(N2CCCCC2)CC1. The molecule has 2 aliphatic rings. The van der Waals surface area contributed by atoms with E-state index in [2.05, 4.69) is 9.80 Å². The number of aliphatic hydroxyl groups is 1. The highest BCUT2D eigenvalue weighted by atomic mass is 35.5. The van der Waals surface area contributed by atoms with Crippen LogP contribution in [0.3, 0.4) is 0 Å². The lowest BCUT2D eigenvalue weighted by Gasteiger charge is -2.41. The molecule has 0 spiro atoms. The van der Waals surface area contributed by atoms with Crippen LogP contribution in [0.25, 0.3) is 0 Å². The Morgan fingerprint density at radius 3 is 2.43 bits per heavy atom. The van der Waals surface area contributed by atoms with E-state index in [1.807, 2.05) is 18.2 Å². The van der Waals surface area contributed by atoms with Crippen molar-refractivity contribution in [2.24, 2.45) is 0 Å². The predicted octanol–water partition coefficient (Wildman–Crippen LogP) is 3.29. The maximum absolute atomic E-state index is 9.52. The van der Waals surface area contributed by atoms with E-state index in [9.17, 15) is 5.11 Å². The summed E-state index contributed by atoms with van der Waals surface area (Å²) in [7, 11) is 0. The fraction of sp³-hybridized carbons (Fsp3) is 0.647. The molecule has 4 heteroatoms. The molecule has 2 saturated heterocycles. The number of hydrogen-bond donors (Lipinski definition) is 1. The van der Waals surface area contributed by atoms with Crippen molar-refractivity contribution in [3.05, 3.63) is 28.8 Å². The van der Waals surface area contributed by atoms with Gasteiger partial charge in [-0.3, -0.25) is 0 Å². The van der Waals surface area contributed by atoms with Crippen LogP contribution in [0.15, 0.2) is 18.2 Å². The minimum atomic E-state index is 0.0819. The Balaban J connectivity index is 1.64. The zero-order valence-corrected chi connectivity index (χ0v) is 13.4. The van der Waals surface area contributed by atoms with Crippen molar-refractivity contribution in [3.8, 4) is 0 Å². The lowest BCUT2D eigenvalue weighted by atomic mass is 9.99. The van der Waals surface area contributed by atoms with Crippen molar-refractivity contribution in [2.45, 2.75) is 44.8 Å². The van der Waals surface area contributed by atoms with Crippen molar-refractivity contribution in [3.63, 3.8) is 0 Å². The quantitative estimate of drug-likeness (QED) is 0.928. The first-order valence-electron chi connectivity index (χ1n) is 8.16. The highest BCUT2D eigenvalue weighted by Gasteiger charge is 2.26. The summed E-state index contributed by atoms with van der Waals surface area (Å²) in [6.45, 7) is 4.77. The second-order valence-electron chi connectivity index (χ2n) is 6.25. The Morgan fingerprint density at radius 2 is 1.76 bits per heavy atom. The van der Waals surface area contributed by atoms with Gasteiger partial charge in [-0.05, 0) is 50.9 Å². The summed E-state index contributed by atoms with van der Waals surface area (Å²) in [4.78, 5) is 5.07. The molecular weight excluding hydrogens is 284 g/mol. The average molecular weight is 309 g/mol. The van der Waals surface area contributed by atoms with Crippen LogP contribution in [0.5, 0.6) is 0 Å². The van der Waals surface area contributed by atoms with Gasteiger partial charge < -0.3 is 14.9 Å². The molecule has 0 atom stereocenters. The third kappa shape index (κ3) is 3.53. The lowest BCUT2D eigenvalue weighted by molar-refractivity contribution is 0.141. The molecule has 3 nitrogen and oxygen atoms in total. The minimum Gasteiger partial charge on any atom is -0.392 e. The molecule has 0 amide bonds. The molecule has 1 N–H and O–H groups in total. The van der Waals surface area contributed by atoms with E-state index in [0.717, 1.165) is 35.4 Å². The topological polar surface area (TPSA) is 26.7 Å². The van der Waals surface area contributed by atoms with Crippen LogP contribution in [-0.2, 0) is 6.61 Å². The van der Waals surface area contributed by atoms with Gasteiger partial charge in [0.2, 0.25) is 0 Å². The van der Waals surface area contributed by atoms with Gasteiger partial charge in [-0.2, -0.15) is 0 Å². The number of benzene rings is 1. The first-order valence-corrected chi connectivity index (χ1v) is 8.54. The molecule has 2 aliphatic heterocycles. The minimum absolute atomic E-state index is 0.0819. The Hall–Kier alpha value is -0.770. The fourth-order valence-corrected chi connectivity index (χ4v) is 3.89. The largest absolute Gasteiger partial charge is 0.392 e. The molecule has 1 aromatic carbocycles. The zero-order chi connectivity index (χ0) is 14.7. The predicted molar refractivity (Wildman–Crippen MR) is 88.0 cm³/mol. The van der Waals surface area contributed by atoms with E-state index in [-0.39, 0.29) is 6.61 Å². The maximum atomic E-state index is 9.52. The Kier molecular flexibility index (Phi) is 5.04. The van der Waals surface area contributed by atoms with Gasteiger partial charge in [0.05, 0.1) is 6.61 Å². The first-order chi connectivity index (χ1) is 10.3. The van der Waals surface area contributed by atoms with Crippen LogP contribution in [0, 0.1) is 0 Å².